The predicted octanol–water partition coefficient (Wildman–Crippen LogP) is 0.557. The summed E-state index contributed by atoms with van der Waals surface area (Å²) in [5.41, 5.74) is 0. The molecule has 0 bridgehead atoms. The number of nitrogens with one attached hydrogen (secondary N) is 1. The number of aromatic nitrogens is 2. The minimum atomic E-state index is -0.253. The van der Waals surface area contributed by atoms with Gasteiger partial charge in [-0.2, -0.15) is 5.10 Å². The SMILES string of the molecule is Fc1cnn(C2CCNC2)c1. The molecule has 2 rings (SSSR count). The Bertz CT molecular complexity index is 240. The van der Waals surface area contributed by atoms with E-state index < -0.39 is 0 Å². The summed E-state index contributed by atoms with van der Waals surface area (Å²) in [7, 11) is 0. The van der Waals surface area contributed by atoms with E-state index >= 15 is 0 Å². The normalized spacial score (nSPS) is 24.3. The average molecular weight is 155 g/mol. The topological polar surface area (TPSA) is 29.9 Å². The molecule has 0 aliphatic carbocycles. The van der Waals surface area contributed by atoms with Crippen LogP contribution >= 0.6 is 0 Å². The Morgan fingerprint density at radius 2 is 2.64 bits per heavy atom. The lowest BCUT2D eigenvalue weighted by atomic mass is 10.3. The molecule has 0 saturated carbocycles. The Balaban J connectivity index is 2.15. The zero-order valence-electron chi connectivity index (χ0n) is 6.13. The number of hydrogen-bond acceptors (Lipinski definition) is 2. The van der Waals surface area contributed by atoms with Gasteiger partial charge in [-0.1, -0.05) is 0 Å². The van der Waals surface area contributed by atoms with Crippen molar-refractivity contribution in [1.29, 1.82) is 0 Å². The Morgan fingerprint density at radius 3 is 3.18 bits per heavy atom. The van der Waals surface area contributed by atoms with Crippen molar-refractivity contribution in [3.63, 3.8) is 0 Å². The third kappa shape index (κ3) is 1.26. The van der Waals surface area contributed by atoms with Crippen LogP contribution in [-0.2, 0) is 0 Å². The summed E-state index contributed by atoms with van der Waals surface area (Å²) in [4.78, 5) is 0. The smallest absolute Gasteiger partial charge is 0.161 e. The molecule has 11 heavy (non-hydrogen) atoms. The Morgan fingerprint density at radius 1 is 1.73 bits per heavy atom. The number of halogens is 1. The van der Waals surface area contributed by atoms with E-state index in [2.05, 4.69) is 10.4 Å². The molecule has 60 valence electrons. The second-order valence-electron chi connectivity index (χ2n) is 2.79. The summed E-state index contributed by atoms with van der Waals surface area (Å²) < 4.78 is 14.2. The summed E-state index contributed by atoms with van der Waals surface area (Å²) >= 11 is 0. The van der Waals surface area contributed by atoms with Gasteiger partial charge in [-0.15, -0.1) is 0 Å². The van der Waals surface area contributed by atoms with Crippen LogP contribution in [0, 0.1) is 5.82 Å². The largest absolute Gasteiger partial charge is 0.315 e. The van der Waals surface area contributed by atoms with Crippen LogP contribution in [-0.4, -0.2) is 22.9 Å². The van der Waals surface area contributed by atoms with Crippen LogP contribution in [0.15, 0.2) is 12.4 Å². The zero-order chi connectivity index (χ0) is 7.68. The van der Waals surface area contributed by atoms with Crippen molar-refractivity contribution in [2.45, 2.75) is 12.5 Å². The zero-order valence-corrected chi connectivity index (χ0v) is 6.13. The van der Waals surface area contributed by atoms with Gasteiger partial charge < -0.3 is 5.32 Å². The maximum Gasteiger partial charge on any atom is 0.161 e. The van der Waals surface area contributed by atoms with Crippen LogP contribution in [0.1, 0.15) is 12.5 Å². The Kier molecular flexibility index (Phi) is 1.62. The van der Waals surface area contributed by atoms with Gasteiger partial charge in [0.15, 0.2) is 5.82 Å². The average Bonchev–Trinajstić information content (AvgIpc) is 2.55. The standard InChI is InChI=1S/C7H10FN3/c8-6-3-10-11(5-6)7-1-2-9-4-7/h3,5,7,9H,1-2,4H2. The summed E-state index contributed by atoms with van der Waals surface area (Å²) in [6, 6.07) is 0.347. The third-order valence-electron chi connectivity index (χ3n) is 1.98. The molecular formula is C7H10FN3. The Hall–Kier alpha value is -0.900. The molecule has 4 heteroatoms. The molecule has 0 amide bonds. The van der Waals surface area contributed by atoms with Gasteiger partial charge in [0.05, 0.1) is 18.4 Å². The molecule has 1 aromatic rings. The van der Waals surface area contributed by atoms with E-state index in [1.807, 2.05) is 0 Å². The molecule has 1 aliphatic rings. The van der Waals surface area contributed by atoms with E-state index in [0.29, 0.717) is 6.04 Å². The molecule has 1 aromatic heterocycles. The van der Waals surface area contributed by atoms with E-state index in [1.54, 1.807) is 4.68 Å². The summed E-state index contributed by atoms with van der Waals surface area (Å²) in [6.45, 7) is 1.91. The predicted molar refractivity (Wildman–Crippen MR) is 38.7 cm³/mol. The van der Waals surface area contributed by atoms with Gasteiger partial charge in [0.25, 0.3) is 0 Å². The minimum absolute atomic E-state index is 0.253. The first-order valence-corrected chi connectivity index (χ1v) is 3.76. The lowest BCUT2D eigenvalue weighted by molar-refractivity contribution is 0.487. The Labute approximate surface area is 64.2 Å². The fraction of sp³-hybridized carbons (Fsp3) is 0.571. The highest BCUT2D eigenvalue weighted by Gasteiger charge is 2.16. The lowest BCUT2D eigenvalue weighted by Crippen LogP contribution is -2.13. The third-order valence-corrected chi connectivity index (χ3v) is 1.98. The molecule has 2 heterocycles. The number of nitrogens with zero attached hydrogens (tertiary/aromatic N) is 2. The summed E-state index contributed by atoms with van der Waals surface area (Å²) in [5, 5.41) is 7.10. The number of hydrogen-bond donors (Lipinski definition) is 1. The van der Waals surface area contributed by atoms with Crippen molar-refractivity contribution in [2.75, 3.05) is 13.1 Å². The molecular weight excluding hydrogens is 145 g/mol. The maximum absolute atomic E-state index is 12.5. The van der Waals surface area contributed by atoms with Gasteiger partial charge in [0.1, 0.15) is 0 Å². The van der Waals surface area contributed by atoms with E-state index in [0.717, 1.165) is 19.5 Å². The van der Waals surface area contributed by atoms with E-state index in [4.69, 9.17) is 0 Å². The van der Waals surface area contributed by atoms with Crippen molar-refractivity contribution < 1.29 is 4.39 Å². The van der Waals surface area contributed by atoms with Crippen LogP contribution in [0.4, 0.5) is 4.39 Å². The van der Waals surface area contributed by atoms with Crippen molar-refractivity contribution in [2.24, 2.45) is 0 Å². The van der Waals surface area contributed by atoms with E-state index in [1.165, 1.54) is 12.4 Å². The van der Waals surface area contributed by atoms with Gasteiger partial charge >= 0.3 is 0 Å². The van der Waals surface area contributed by atoms with Crippen LogP contribution in [0.2, 0.25) is 0 Å². The van der Waals surface area contributed by atoms with E-state index in [9.17, 15) is 4.39 Å². The van der Waals surface area contributed by atoms with Gasteiger partial charge in [-0.25, -0.2) is 4.39 Å². The molecule has 1 fully saturated rings. The monoisotopic (exact) mass is 155 g/mol. The second kappa shape index (κ2) is 2.62. The first kappa shape index (κ1) is 6.79. The fourth-order valence-electron chi connectivity index (χ4n) is 1.38. The molecule has 0 aromatic carbocycles. The second-order valence-corrected chi connectivity index (χ2v) is 2.79. The highest BCUT2D eigenvalue weighted by molar-refractivity contribution is 4.88. The van der Waals surface area contributed by atoms with Gasteiger partial charge in [-0.3, -0.25) is 4.68 Å². The molecule has 1 saturated heterocycles. The molecule has 0 spiro atoms. The van der Waals surface area contributed by atoms with Gasteiger partial charge in [0, 0.05) is 6.54 Å². The number of rotatable bonds is 1. The van der Waals surface area contributed by atoms with Crippen LogP contribution in [0.5, 0.6) is 0 Å². The molecule has 1 atom stereocenters. The highest BCUT2D eigenvalue weighted by atomic mass is 19.1. The molecule has 3 nitrogen and oxygen atoms in total. The fourth-order valence-corrected chi connectivity index (χ4v) is 1.38. The van der Waals surface area contributed by atoms with Crippen LogP contribution < -0.4 is 5.32 Å². The van der Waals surface area contributed by atoms with Crippen molar-refractivity contribution in [3.05, 3.63) is 18.2 Å². The van der Waals surface area contributed by atoms with Gasteiger partial charge in [0.2, 0.25) is 0 Å². The molecule has 1 unspecified atom stereocenters. The van der Waals surface area contributed by atoms with E-state index in [-0.39, 0.29) is 5.82 Å². The first-order valence-electron chi connectivity index (χ1n) is 3.76. The van der Waals surface area contributed by atoms with Crippen molar-refractivity contribution >= 4 is 0 Å². The van der Waals surface area contributed by atoms with Crippen molar-refractivity contribution in [1.82, 2.24) is 15.1 Å². The quantitative estimate of drug-likeness (QED) is 0.642. The van der Waals surface area contributed by atoms with Crippen molar-refractivity contribution in [3.8, 4) is 0 Å². The highest BCUT2D eigenvalue weighted by Crippen LogP contribution is 2.13. The van der Waals surface area contributed by atoms with Crippen LogP contribution in [0.25, 0.3) is 0 Å². The molecule has 0 radical (unpaired) electrons. The first-order chi connectivity index (χ1) is 5.36. The van der Waals surface area contributed by atoms with Gasteiger partial charge in [-0.05, 0) is 13.0 Å². The minimum Gasteiger partial charge on any atom is -0.315 e. The lowest BCUT2D eigenvalue weighted by Gasteiger charge is -2.06. The molecule has 1 N–H and O–H groups in total. The molecule has 1 aliphatic heterocycles. The summed E-state index contributed by atoms with van der Waals surface area (Å²) in [5.74, 6) is -0.253. The van der Waals surface area contributed by atoms with Crippen LogP contribution in [0.3, 0.4) is 0 Å². The maximum atomic E-state index is 12.5. The summed E-state index contributed by atoms with van der Waals surface area (Å²) in [6.07, 6.45) is 3.73.